The largest absolute Gasteiger partial charge is 0.464 e. The predicted octanol–water partition coefficient (Wildman–Crippen LogP) is 1.98. The lowest BCUT2D eigenvalue weighted by Crippen LogP contribution is -2.35. The van der Waals surface area contributed by atoms with Crippen molar-refractivity contribution in [2.45, 2.75) is 101 Å². The monoisotopic (exact) mass is 435 g/mol. The first-order chi connectivity index (χ1) is 14.5. The highest BCUT2D eigenvalue weighted by atomic mass is 16.6. The molecule has 1 aliphatic carbocycles. The molecule has 5 aliphatic rings. The maximum atomic E-state index is 12.9. The topological polar surface area (TPSA) is 101 Å². The van der Waals surface area contributed by atoms with E-state index in [4.69, 9.17) is 18.9 Å². The predicted molar refractivity (Wildman–Crippen MR) is 108 cm³/mol. The number of ether oxygens (including phenoxy) is 4. The Labute approximate surface area is 182 Å². The Hall–Kier alpha value is -1.51. The van der Waals surface area contributed by atoms with E-state index >= 15 is 0 Å². The summed E-state index contributed by atoms with van der Waals surface area (Å²) < 4.78 is 22.7. The molecule has 0 spiro atoms. The lowest BCUT2D eigenvalue weighted by atomic mass is 9.73. The maximum absolute atomic E-state index is 12.9. The Morgan fingerprint density at radius 3 is 2.39 bits per heavy atom. The van der Waals surface area contributed by atoms with E-state index in [1.165, 1.54) is 11.8 Å². The first-order valence-corrected chi connectivity index (χ1v) is 11.6. The molecule has 4 aliphatic heterocycles. The summed E-state index contributed by atoms with van der Waals surface area (Å²) in [5.74, 6) is -1.31. The molecule has 2 amide bonds. The Morgan fingerprint density at radius 2 is 1.71 bits per heavy atom. The summed E-state index contributed by atoms with van der Waals surface area (Å²) in [6.07, 6.45) is 5.64. The molecule has 0 bridgehead atoms. The Bertz CT molecular complexity index is 812. The number of amides is 2. The second kappa shape index (κ2) is 6.99. The minimum absolute atomic E-state index is 0.0186. The van der Waals surface area contributed by atoms with Crippen molar-refractivity contribution in [1.82, 2.24) is 4.90 Å². The van der Waals surface area contributed by atoms with Crippen LogP contribution in [0.1, 0.15) is 66.2 Å². The summed E-state index contributed by atoms with van der Waals surface area (Å²) in [5, 5.41) is 0. The first kappa shape index (κ1) is 21.3. The van der Waals surface area contributed by atoms with Gasteiger partial charge in [0, 0.05) is 6.92 Å². The Morgan fingerprint density at radius 1 is 1.03 bits per heavy atom. The maximum Gasteiger partial charge on any atom is 0.302 e. The molecule has 0 N–H and O–H groups in total. The van der Waals surface area contributed by atoms with E-state index < -0.39 is 5.97 Å². The summed E-state index contributed by atoms with van der Waals surface area (Å²) in [6.45, 7) is 7.93. The lowest BCUT2D eigenvalue weighted by molar-refractivity contribution is -0.147. The van der Waals surface area contributed by atoms with Crippen LogP contribution in [0.3, 0.4) is 0 Å². The third-order valence-corrected chi connectivity index (χ3v) is 8.14. The van der Waals surface area contributed by atoms with Gasteiger partial charge >= 0.3 is 5.97 Å². The molecular formula is C23H33NO7. The van der Waals surface area contributed by atoms with Gasteiger partial charge in [-0.25, -0.2) is 0 Å². The zero-order valence-electron chi connectivity index (χ0n) is 18.8. The summed E-state index contributed by atoms with van der Waals surface area (Å²) in [5.41, 5.74) is -0.338. The van der Waals surface area contributed by atoms with Gasteiger partial charge in [0.05, 0.1) is 53.5 Å². The number of rotatable bonds is 9. The van der Waals surface area contributed by atoms with Crippen LogP contribution in [0, 0.1) is 11.8 Å². The molecule has 1 saturated carbocycles. The molecule has 8 nitrogen and oxygen atoms in total. The van der Waals surface area contributed by atoms with Gasteiger partial charge in [-0.15, -0.1) is 0 Å². The van der Waals surface area contributed by atoms with Crippen molar-refractivity contribution >= 4 is 17.8 Å². The highest BCUT2D eigenvalue weighted by molar-refractivity contribution is 6.05. The van der Waals surface area contributed by atoms with Gasteiger partial charge in [-0.3, -0.25) is 19.3 Å². The fourth-order valence-electron chi connectivity index (χ4n) is 5.87. The number of likely N-dealkylation sites (tertiary alicyclic amines) is 1. The number of esters is 1. The average Bonchev–Trinajstić information content (AvgIpc) is 3.62. The van der Waals surface area contributed by atoms with E-state index in [0.717, 1.165) is 25.7 Å². The van der Waals surface area contributed by atoms with Gasteiger partial charge in [0.2, 0.25) is 11.8 Å². The van der Waals surface area contributed by atoms with Crippen LogP contribution < -0.4 is 0 Å². The zero-order valence-corrected chi connectivity index (χ0v) is 18.8. The van der Waals surface area contributed by atoms with Crippen molar-refractivity contribution in [3.63, 3.8) is 0 Å². The molecule has 7 unspecified atom stereocenters. The Kier molecular flexibility index (Phi) is 4.81. The molecule has 4 saturated heterocycles. The van der Waals surface area contributed by atoms with Crippen LogP contribution in [0.25, 0.3) is 0 Å². The van der Waals surface area contributed by atoms with E-state index in [1.807, 2.05) is 0 Å². The molecule has 5 fully saturated rings. The molecule has 8 heteroatoms. The molecule has 7 atom stereocenters. The Balaban J connectivity index is 1.11. The fourth-order valence-corrected chi connectivity index (χ4v) is 5.87. The first-order valence-electron chi connectivity index (χ1n) is 11.6. The third-order valence-electron chi connectivity index (χ3n) is 8.14. The van der Waals surface area contributed by atoms with Gasteiger partial charge < -0.3 is 18.9 Å². The van der Waals surface area contributed by atoms with E-state index in [0.29, 0.717) is 18.9 Å². The molecule has 5 rings (SSSR count). The van der Waals surface area contributed by atoms with Gasteiger partial charge in [-0.2, -0.15) is 0 Å². The van der Waals surface area contributed by atoms with E-state index in [2.05, 4.69) is 20.8 Å². The summed E-state index contributed by atoms with van der Waals surface area (Å²) in [4.78, 5) is 37.8. The summed E-state index contributed by atoms with van der Waals surface area (Å²) in [7, 11) is 0. The molecule has 0 aromatic carbocycles. The minimum atomic E-state index is -0.409. The number of nitrogens with zero attached hydrogens (tertiary/aromatic N) is 1. The number of hydrogen-bond donors (Lipinski definition) is 0. The van der Waals surface area contributed by atoms with E-state index in [1.54, 1.807) is 0 Å². The molecule has 0 radical (unpaired) electrons. The molecule has 31 heavy (non-hydrogen) atoms. The van der Waals surface area contributed by atoms with E-state index in [9.17, 15) is 14.4 Å². The van der Waals surface area contributed by atoms with Crippen molar-refractivity contribution < 1.29 is 33.3 Å². The quantitative estimate of drug-likeness (QED) is 0.310. The summed E-state index contributed by atoms with van der Waals surface area (Å²) >= 11 is 0. The van der Waals surface area contributed by atoms with Crippen LogP contribution in [0.5, 0.6) is 0 Å². The second-order valence-electron chi connectivity index (χ2n) is 10.7. The average molecular weight is 436 g/mol. The fraction of sp³-hybridized carbons (Fsp3) is 0.870. The van der Waals surface area contributed by atoms with Crippen molar-refractivity contribution in [3.8, 4) is 0 Å². The van der Waals surface area contributed by atoms with Gasteiger partial charge in [-0.1, -0.05) is 0 Å². The van der Waals surface area contributed by atoms with Crippen LogP contribution in [-0.4, -0.2) is 71.0 Å². The van der Waals surface area contributed by atoms with Gasteiger partial charge in [0.15, 0.2) is 0 Å². The molecular weight excluding hydrogens is 402 g/mol. The molecule has 4 heterocycles. The van der Waals surface area contributed by atoms with Crippen LogP contribution in [0.15, 0.2) is 0 Å². The van der Waals surface area contributed by atoms with Crippen molar-refractivity contribution in [1.29, 1.82) is 0 Å². The SMILES string of the molecule is CC(=O)OCCN1C(=O)C2CC3OC3(CCC3OC3(C)CCC3OC3(C)C)CC2C1=O. The highest BCUT2D eigenvalue weighted by Crippen LogP contribution is 2.58. The molecule has 172 valence electrons. The van der Waals surface area contributed by atoms with Gasteiger partial charge in [0.25, 0.3) is 0 Å². The summed E-state index contributed by atoms with van der Waals surface area (Å²) in [6, 6.07) is 0. The highest BCUT2D eigenvalue weighted by Gasteiger charge is 2.67. The number of imide groups is 1. The molecule has 0 aromatic rings. The third kappa shape index (κ3) is 3.80. The zero-order chi connectivity index (χ0) is 22.2. The number of carbonyl (C=O) groups excluding carboxylic acids is 3. The van der Waals surface area contributed by atoms with Crippen molar-refractivity contribution in [2.24, 2.45) is 11.8 Å². The molecule has 0 aromatic heterocycles. The van der Waals surface area contributed by atoms with Crippen LogP contribution in [0.4, 0.5) is 0 Å². The second-order valence-corrected chi connectivity index (χ2v) is 10.7. The van der Waals surface area contributed by atoms with E-state index in [-0.39, 0.29) is 65.8 Å². The number of carbonyl (C=O) groups is 3. The van der Waals surface area contributed by atoms with Crippen molar-refractivity contribution in [3.05, 3.63) is 0 Å². The van der Waals surface area contributed by atoms with Crippen LogP contribution in [-0.2, 0) is 33.3 Å². The van der Waals surface area contributed by atoms with Crippen LogP contribution >= 0.6 is 0 Å². The lowest BCUT2D eigenvalue weighted by Gasteiger charge is -2.24. The smallest absolute Gasteiger partial charge is 0.302 e. The number of fused-ring (bicyclic) bond motifs is 2. The van der Waals surface area contributed by atoms with Crippen LogP contribution in [0.2, 0.25) is 0 Å². The van der Waals surface area contributed by atoms with Gasteiger partial charge in [-0.05, 0) is 59.3 Å². The number of hydrogen-bond acceptors (Lipinski definition) is 7. The standard InChI is InChI=1S/C23H33NO7/c1-13(25)28-10-9-24-19(26)14-11-18-23(31-18,12-15(14)20(24)27)8-6-17-22(4,30-17)7-5-16-21(2,3)29-16/h14-18H,5-12H2,1-4H3. The normalized spacial score (nSPS) is 44.0. The van der Waals surface area contributed by atoms with Crippen molar-refractivity contribution in [2.75, 3.05) is 13.2 Å². The number of epoxide rings is 3. The minimum Gasteiger partial charge on any atom is -0.464 e. The van der Waals surface area contributed by atoms with Gasteiger partial charge in [0.1, 0.15) is 6.61 Å².